The van der Waals surface area contributed by atoms with Crippen LogP contribution in [0.25, 0.3) is 11.3 Å². The van der Waals surface area contributed by atoms with Gasteiger partial charge >= 0.3 is 0 Å². The van der Waals surface area contributed by atoms with E-state index >= 15 is 0 Å². The number of methoxy groups -OCH3 is 1. The van der Waals surface area contributed by atoms with Gasteiger partial charge in [-0.05, 0) is 24.1 Å². The monoisotopic (exact) mass is 272 g/mol. The summed E-state index contributed by atoms with van der Waals surface area (Å²) in [6, 6.07) is 14.2. The molecule has 0 aliphatic rings. The topological polar surface area (TPSA) is 54.1 Å². The Bertz CT molecular complexity index is 534. The Morgan fingerprint density at radius 3 is 2.75 bits per heavy atom. The van der Waals surface area contributed by atoms with Gasteiger partial charge in [0, 0.05) is 31.5 Å². The minimum atomic E-state index is 0.0536. The summed E-state index contributed by atoms with van der Waals surface area (Å²) in [6.07, 6.45) is 1.20. The normalized spacial score (nSPS) is 10.4. The maximum atomic E-state index is 11.6. The standard InChI is InChI=1S/C16H20N2O2/c1-20-12-11-17-16(19)10-8-14-7-9-15(18-14)13-5-3-2-4-6-13/h2-7,9,18H,8,10-12H2,1H3,(H,17,19). The molecule has 0 saturated heterocycles. The Labute approximate surface area is 119 Å². The molecule has 1 heterocycles. The van der Waals surface area contributed by atoms with Crippen LogP contribution in [0, 0.1) is 0 Å². The molecule has 4 heteroatoms. The number of amides is 1. The number of H-pyrrole nitrogens is 1. The van der Waals surface area contributed by atoms with Gasteiger partial charge in [-0.15, -0.1) is 0 Å². The van der Waals surface area contributed by atoms with Gasteiger partial charge < -0.3 is 15.0 Å². The van der Waals surface area contributed by atoms with Gasteiger partial charge in [-0.2, -0.15) is 0 Å². The van der Waals surface area contributed by atoms with Crippen molar-refractivity contribution < 1.29 is 9.53 Å². The summed E-state index contributed by atoms with van der Waals surface area (Å²) >= 11 is 0. The summed E-state index contributed by atoms with van der Waals surface area (Å²) in [5.74, 6) is 0.0536. The number of aryl methyl sites for hydroxylation is 1. The van der Waals surface area contributed by atoms with E-state index in [0.29, 0.717) is 26.0 Å². The van der Waals surface area contributed by atoms with Crippen LogP contribution in [0.3, 0.4) is 0 Å². The number of hydrogen-bond acceptors (Lipinski definition) is 2. The number of nitrogens with one attached hydrogen (secondary N) is 2. The highest BCUT2D eigenvalue weighted by molar-refractivity contribution is 5.76. The molecular formula is C16H20N2O2. The lowest BCUT2D eigenvalue weighted by atomic mass is 10.2. The molecule has 0 aliphatic heterocycles. The molecule has 0 aliphatic carbocycles. The molecule has 1 aromatic heterocycles. The Balaban J connectivity index is 1.83. The predicted octanol–water partition coefficient (Wildman–Crippen LogP) is 2.38. The van der Waals surface area contributed by atoms with Crippen LogP contribution in [0.15, 0.2) is 42.5 Å². The van der Waals surface area contributed by atoms with E-state index in [1.807, 2.05) is 30.3 Å². The molecule has 0 radical (unpaired) electrons. The molecule has 0 atom stereocenters. The highest BCUT2D eigenvalue weighted by atomic mass is 16.5. The zero-order valence-electron chi connectivity index (χ0n) is 11.7. The van der Waals surface area contributed by atoms with Gasteiger partial charge in [0.2, 0.25) is 5.91 Å². The SMILES string of the molecule is COCCNC(=O)CCc1ccc(-c2ccccc2)[nH]1. The van der Waals surface area contributed by atoms with Crippen LogP contribution in [0.1, 0.15) is 12.1 Å². The second kappa shape index (κ2) is 7.50. The van der Waals surface area contributed by atoms with Crippen LogP contribution in [-0.2, 0) is 16.0 Å². The summed E-state index contributed by atoms with van der Waals surface area (Å²) in [6.45, 7) is 1.11. The molecule has 20 heavy (non-hydrogen) atoms. The van der Waals surface area contributed by atoms with Crippen molar-refractivity contribution in [2.24, 2.45) is 0 Å². The Hall–Kier alpha value is -2.07. The van der Waals surface area contributed by atoms with Crippen molar-refractivity contribution in [3.63, 3.8) is 0 Å². The summed E-state index contributed by atoms with van der Waals surface area (Å²) in [4.78, 5) is 14.9. The van der Waals surface area contributed by atoms with E-state index in [4.69, 9.17) is 4.74 Å². The first-order chi connectivity index (χ1) is 9.79. The molecular weight excluding hydrogens is 252 g/mol. The smallest absolute Gasteiger partial charge is 0.220 e. The molecule has 4 nitrogen and oxygen atoms in total. The van der Waals surface area contributed by atoms with Crippen molar-refractivity contribution in [2.75, 3.05) is 20.3 Å². The molecule has 0 fully saturated rings. The summed E-state index contributed by atoms with van der Waals surface area (Å²) in [5.41, 5.74) is 3.31. The van der Waals surface area contributed by atoms with E-state index in [9.17, 15) is 4.79 Å². The first-order valence-electron chi connectivity index (χ1n) is 6.78. The third kappa shape index (κ3) is 4.24. The maximum Gasteiger partial charge on any atom is 0.220 e. The fourth-order valence-electron chi connectivity index (χ4n) is 2.00. The highest BCUT2D eigenvalue weighted by Gasteiger charge is 2.04. The van der Waals surface area contributed by atoms with Crippen molar-refractivity contribution in [1.82, 2.24) is 10.3 Å². The minimum absolute atomic E-state index is 0.0536. The fourth-order valence-corrected chi connectivity index (χ4v) is 2.00. The zero-order chi connectivity index (χ0) is 14.2. The Morgan fingerprint density at radius 2 is 2.00 bits per heavy atom. The number of hydrogen-bond donors (Lipinski definition) is 2. The van der Waals surface area contributed by atoms with Gasteiger partial charge in [-0.25, -0.2) is 0 Å². The molecule has 0 spiro atoms. The van der Waals surface area contributed by atoms with Crippen molar-refractivity contribution in [2.45, 2.75) is 12.8 Å². The Kier molecular flexibility index (Phi) is 5.38. The van der Waals surface area contributed by atoms with Gasteiger partial charge in [0.1, 0.15) is 0 Å². The van der Waals surface area contributed by atoms with E-state index in [1.165, 1.54) is 0 Å². The lowest BCUT2D eigenvalue weighted by molar-refractivity contribution is -0.121. The predicted molar refractivity (Wildman–Crippen MR) is 79.4 cm³/mol. The summed E-state index contributed by atoms with van der Waals surface area (Å²) < 4.78 is 4.89. The first-order valence-corrected chi connectivity index (χ1v) is 6.78. The third-order valence-electron chi connectivity index (χ3n) is 3.08. The number of carbonyl (C=O) groups excluding carboxylic acids is 1. The molecule has 1 amide bonds. The molecule has 1 aromatic carbocycles. The molecule has 2 aromatic rings. The lowest BCUT2D eigenvalue weighted by Gasteiger charge is -2.03. The van der Waals surface area contributed by atoms with E-state index in [0.717, 1.165) is 17.0 Å². The van der Waals surface area contributed by atoms with Gasteiger partial charge in [-0.1, -0.05) is 30.3 Å². The van der Waals surface area contributed by atoms with E-state index in [2.05, 4.69) is 22.4 Å². The largest absolute Gasteiger partial charge is 0.383 e. The summed E-state index contributed by atoms with van der Waals surface area (Å²) in [5, 5.41) is 2.81. The average molecular weight is 272 g/mol. The average Bonchev–Trinajstić information content (AvgIpc) is 2.95. The number of carbonyl (C=O) groups is 1. The van der Waals surface area contributed by atoms with Crippen LogP contribution < -0.4 is 5.32 Å². The van der Waals surface area contributed by atoms with E-state index in [-0.39, 0.29) is 5.91 Å². The van der Waals surface area contributed by atoms with Crippen LogP contribution in [0.2, 0.25) is 0 Å². The number of aromatic amines is 1. The quantitative estimate of drug-likeness (QED) is 0.760. The van der Waals surface area contributed by atoms with E-state index in [1.54, 1.807) is 7.11 Å². The first kappa shape index (κ1) is 14.3. The number of rotatable bonds is 7. The lowest BCUT2D eigenvalue weighted by Crippen LogP contribution is -2.27. The van der Waals surface area contributed by atoms with Crippen LogP contribution >= 0.6 is 0 Å². The number of ether oxygens (including phenoxy) is 1. The van der Waals surface area contributed by atoms with Crippen molar-refractivity contribution in [3.05, 3.63) is 48.2 Å². The van der Waals surface area contributed by atoms with Gasteiger partial charge in [0.05, 0.1) is 6.61 Å². The molecule has 0 unspecified atom stereocenters. The summed E-state index contributed by atoms with van der Waals surface area (Å²) in [7, 11) is 1.62. The second-order valence-electron chi connectivity index (χ2n) is 4.61. The van der Waals surface area contributed by atoms with Crippen molar-refractivity contribution >= 4 is 5.91 Å². The van der Waals surface area contributed by atoms with E-state index < -0.39 is 0 Å². The fraction of sp³-hybridized carbons (Fsp3) is 0.312. The zero-order valence-corrected chi connectivity index (χ0v) is 11.7. The van der Waals surface area contributed by atoms with Crippen LogP contribution in [0.5, 0.6) is 0 Å². The van der Waals surface area contributed by atoms with Gasteiger partial charge in [0.15, 0.2) is 0 Å². The number of benzene rings is 1. The maximum absolute atomic E-state index is 11.6. The number of aromatic nitrogens is 1. The molecule has 106 valence electrons. The molecule has 2 N–H and O–H groups in total. The second-order valence-corrected chi connectivity index (χ2v) is 4.61. The highest BCUT2D eigenvalue weighted by Crippen LogP contribution is 2.18. The third-order valence-corrected chi connectivity index (χ3v) is 3.08. The molecule has 2 rings (SSSR count). The van der Waals surface area contributed by atoms with Crippen LogP contribution in [0.4, 0.5) is 0 Å². The van der Waals surface area contributed by atoms with Crippen molar-refractivity contribution in [1.29, 1.82) is 0 Å². The molecule has 0 saturated carbocycles. The van der Waals surface area contributed by atoms with Crippen LogP contribution in [-0.4, -0.2) is 31.2 Å². The molecule has 0 bridgehead atoms. The Morgan fingerprint density at radius 1 is 1.20 bits per heavy atom. The van der Waals surface area contributed by atoms with Gasteiger partial charge in [0.25, 0.3) is 0 Å². The van der Waals surface area contributed by atoms with Crippen molar-refractivity contribution in [3.8, 4) is 11.3 Å². The minimum Gasteiger partial charge on any atom is -0.383 e. The van der Waals surface area contributed by atoms with Gasteiger partial charge in [-0.3, -0.25) is 4.79 Å².